The molecule has 0 fully saturated rings. The van der Waals surface area contributed by atoms with Gasteiger partial charge < -0.3 is 15.2 Å². The Morgan fingerprint density at radius 1 is 1.29 bits per heavy atom. The topological polar surface area (TPSA) is 61.5 Å². The normalized spacial score (nSPS) is 12.1. The number of aryl methyl sites for hydroxylation is 2. The summed E-state index contributed by atoms with van der Waals surface area (Å²) in [4.78, 5) is 11.3. The predicted octanol–water partition coefficient (Wildman–Crippen LogP) is 1.35. The van der Waals surface area contributed by atoms with E-state index in [4.69, 9.17) is 10.5 Å². The minimum Gasteiger partial charge on any atom is -0.497 e. The Balaban J connectivity index is 2.95. The quantitative estimate of drug-likeness (QED) is 0.803. The zero-order valence-electron chi connectivity index (χ0n) is 10.7. The molecule has 1 rings (SSSR count). The number of hydrogen-bond donors (Lipinski definition) is 1. The van der Waals surface area contributed by atoms with Crippen LogP contribution in [0.5, 0.6) is 5.75 Å². The number of methoxy groups -OCH3 is 2. The van der Waals surface area contributed by atoms with E-state index in [9.17, 15) is 4.79 Å². The maximum Gasteiger partial charge on any atom is 0.322 e. The van der Waals surface area contributed by atoms with E-state index in [2.05, 4.69) is 4.74 Å². The highest BCUT2D eigenvalue weighted by molar-refractivity contribution is 5.75. The molecule has 4 nitrogen and oxygen atoms in total. The van der Waals surface area contributed by atoms with Crippen molar-refractivity contribution in [3.8, 4) is 5.75 Å². The van der Waals surface area contributed by atoms with Gasteiger partial charge in [-0.2, -0.15) is 0 Å². The Hall–Kier alpha value is -1.55. The minimum atomic E-state index is -0.620. The fourth-order valence-corrected chi connectivity index (χ4v) is 1.85. The third-order valence-corrected chi connectivity index (χ3v) is 2.83. The fourth-order valence-electron chi connectivity index (χ4n) is 1.85. The number of hydrogen-bond acceptors (Lipinski definition) is 4. The number of benzene rings is 1. The van der Waals surface area contributed by atoms with Crippen molar-refractivity contribution in [3.05, 3.63) is 28.8 Å². The van der Waals surface area contributed by atoms with Crippen LogP contribution in [0.1, 0.15) is 16.7 Å². The average Bonchev–Trinajstić information content (AvgIpc) is 2.31. The van der Waals surface area contributed by atoms with Gasteiger partial charge >= 0.3 is 5.97 Å². The van der Waals surface area contributed by atoms with E-state index < -0.39 is 6.04 Å². The highest BCUT2D eigenvalue weighted by Gasteiger charge is 2.17. The molecule has 1 aromatic rings. The second-order valence-corrected chi connectivity index (χ2v) is 4.07. The molecule has 0 saturated heterocycles. The summed E-state index contributed by atoms with van der Waals surface area (Å²) in [5.74, 6) is 0.426. The molecule has 1 atom stereocenters. The van der Waals surface area contributed by atoms with Gasteiger partial charge in [0.25, 0.3) is 0 Å². The third-order valence-electron chi connectivity index (χ3n) is 2.83. The van der Waals surface area contributed by atoms with E-state index in [1.54, 1.807) is 7.11 Å². The smallest absolute Gasteiger partial charge is 0.322 e. The molecule has 0 radical (unpaired) electrons. The van der Waals surface area contributed by atoms with Crippen LogP contribution in [0.15, 0.2) is 12.1 Å². The van der Waals surface area contributed by atoms with E-state index >= 15 is 0 Å². The summed E-state index contributed by atoms with van der Waals surface area (Å²) < 4.78 is 9.80. The summed E-state index contributed by atoms with van der Waals surface area (Å²) in [5, 5.41) is 0. The van der Waals surface area contributed by atoms with Crippen molar-refractivity contribution >= 4 is 5.97 Å². The molecule has 4 heteroatoms. The van der Waals surface area contributed by atoms with Crippen LogP contribution >= 0.6 is 0 Å². The molecule has 0 aliphatic carbocycles. The van der Waals surface area contributed by atoms with Gasteiger partial charge in [0, 0.05) is 0 Å². The van der Waals surface area contributed by atoms with Crippen LogP contribution in [0.3, 0.4) is 0 Å². The predicted molar refractivity (Wildman–Crippen MR) is 66.2 cm³/mol. The Kier molecular flexibility index (Phi) is 4.52. The van der Waals surface area contributed by atoms with Crippen molar-refractivity contribution in [1.29, 1.82) is 0 Å². The Labute approximate surface area is 102 Å². The van der Waals surface area contributed by atoms with E-state index in [0.29, 0.717) is 6.42 Å². The lowest BCUT2D eigenvalue weighted by atomic mass is 9.96. The number of carbonyl (C=O) groups excluding carboxylic acids is 1. The van der Waals surface area contributed by atoms with Crippen molar-refractivity contribution in [2.45, 2.75) is 26.3 Å². The summed E-state index contributed by atoms with van der Waals surface area (Å²) in [6.07, 6.45) is 0.480. The lowest BCUT2D eigenvalue weighted by Crippen LogP contribution is -2.34. The second kappa shape index (κ2) is 5.68. The highest BCUT2D eigenvalue weighted by Crippen LogP contribution is 2.22. The van der Waals surface area contributed by atoms with Crippen LogP contribution in [-0.4, -0.2) is 26.2 Å². The SMILES string of the molecule is COC(=O)[C@@H](N)Cc1c(C)cc(OC)cc1C. The van der Waals surface area contributed by atoms with Gasteiger partial charge in [0.05, 0.1) is 14.2 Å². The van der Waals surface area contributed by atoms with Crippen molar-refractivity contribution in [1.82, 2.24) is 0 Å². The molecule has 0 amide bonds. The lowest BCUT2D eigenvalue weighted by Gasteiger charge is -2.15. The summed E-state index contributed by atoms with van der Waals surface area (Å²) in [6.45, 7) is 3.96. The van der Waals surface area contributed by atoms with Crippen LogP contribution in [-0.2, 0) is 16.0 Å². The maximum absolute atomic E-state index is 11.3. The minimum absolute atomic E-state index is 0.389. The molecule has 0 unspecified atom stereocenters. The molecule has 0 heterocycles. The van der Waals surface area contributed by atoms with Gasteiger partial charge in [-0.3, -0.25) is 4.79 Å². The van der Waals surface area contributed by atoms with E-state index in [-0.39, 0.29) is 5.97 Å². The Bertz CT molecular complexity index is 392. The van der Waals surface area contributed by atoms with Crippen LogP contribution in [0.4, 0.5) is 0 Å². The molecule has 0 saturated carbocycles. The molecule has 2 N–H and O–H groups in total. The van der Waals surface area contributed by atoms with Crippen LogP contribution in [0.2, 0.25) is 0 Å². The van der Waals surface area contributed by atoms with Crippen LogP contribution in [0.25, 0.3) is 0 Å². The Morgan fingerprint density at radius 3 is 2.24 bits per heavy atom. The van der Waals surface area contributed by atoms with E-state index in [0.717, 1.165) is 22.4 Å². The lowest BCUT2D eigenvalue weighted by molar-refractivity contribution is -0.142. The molecule has 1 aromatic carbocycles. The molecule has 0 bridgehead atoms. The van der Waals surface area contributed by atoms with Gasteiger partial charge in [-0.25, -0.2) is 0 Å². The summed E-state index contributed by atoms with van der Waals surface area (Å²) in [6, 6.07) is 3.25. The highest BCUT2D eigenvalue weighted by atomic mass is 16.5. The monoisotopic (exact) mass is 237 g/mol. The van der Waals surface area contributed by atoms with Gasteiger partial charge in [-0.15, -0.1) is 0 Å². The van der Waals surface area contributed by atoms with Gasteiger partial charge in [0.15, 0.2) is 0 Å². The van der Waals surface area contributed by atoms with Crippen molar-refractivity contribution < 1.29 is 14.3 Å². The van der Waals surface area contributed by atoms with Crippen molar-refractivity contribution in [2.75, 3.05) is 14.2 Å². The largest absolute Gasteiger partial charge is 0.497 e. The fraction of sp³-hybridized carbons (Fsp3) is 0.462. The number of rotatable bonds is 4. The first-order chi connectivity index (χ1) is 7.99. The van der Waals surface area contributed by atoms with Gasteiger partial charge in [0.1, 0.15) is 11.8 Å². The number of ether oxygens (including phenoxy) is 2. The number of esters is 1. The van der Waals surface area contributed by atoms with Gasteiger partial charge in [-0.05, 0) is 49.1 Å². The summed E-state index contributed by atoms with van der Waals surface area (Å²) in [5.41, 5.74) is 8.98. The summed E-state index contributed by atoms with van der Waals surface area (Å²) >= 11 is 0. The van der Waals surface area contributed by atoms with Crippen molar-refractivity contribution in [3.63, 3.8) is 0 Å². The number of carbonyl (C=O) groups is 1. The zero-order valence-corrected chi connectivity index (χ0v) is 10.7. The van der Waals surface area contributed by atoms with E-state index in [1.807, 2.05) is 26.0 Å². The molecule has 0 aromatic heterocycles. The molecular formula is C13H19NO3. The van der Waals surface area contributed by atoms with Gasteiger partial charge in [0.2, 0.25) is 0 Å². The van der Waals surface area contributed by atoms with Gasteiger partial charge in [-0.1, -0.05) is 0 Å². The van der Waals surface area contributed by atoms with Crippen LogP contribution in [0, 0.1) is 13.8 Å². The van der Waals surface area contributed by atoms with E-state index in [1.165, 1.54) is 7.11 Å². The molecule has 0 spiro atoms. The Morgan fingerprint density at radius 2 is 1.82 bits per heavy atom. The van der Waals surface area contributed by atoms with Crippen molar-refractivity contribution in [2.24, 2.45) is 5.73 Å². The first-order valence-electron chi connectivity index (χ1n) is 5.47. The first kappa shape index (κ1) is 13.5. The number of nitrogens with two attached hydrogens (primary N) is 1. The summed E-state index contributed by atoms with van der Waals surface area (Å²) in [7, 11) is 2.98. The molecule has 0 aliphatic rings. The first-order valence-corrected chi connectivity index (χ1v) is 5.47. The standard InChI is InChI=1S/C13H19NO3/c1-8-5-10(16-3)6-9(2)11(8)7-12(14)13(15)17-4/h5-6,12H,7,14H2,1-4H3/t12-/m0/s1. The molecule has 17 heavy (non-hydrogen) atoms. The molecule has 0 aliphatic heterocycles. The molecular weight excluding hydrogens is 218 g/mol. The zero-order chi connectivity index (χ0) is 13.0. The average molecular weight is 237 g/mol. The van der Waals surface area contributed by atoms with Crippen LogP contribution < -0.4 is 10.5 Å². The molecule has 94 valence electrons. The third kappa shape index (κ3) is 3.20. The maximum atomic E-state index is 11.3. The second-order valence-electron chi connectivity index (χ2n) is 4.07.